The van der Waals surface area contributed by atoms with Crippen LogP contribution in [0.15, 0.2) is 49.8 Å². The lowest BCUT2D eigenvalue weighted by molar-refractivity contribution is -0.191. The predicted octanol–water partition coefficient (Wildman–Crippen LogP) is 3.25. The summed E-state index contributed by atoms with van der Waals surface area (Å²) in [5, 5.41) is 19.4. The van der Waals surface area contributed by atoms with Gasteiger partial charge in [0.15, 0.2) is 11.6 Å². The van der Waals surface area contributed by atoms with E-state index in [1.165, 1.54) is 24.5 Å². The van der Waals surface area contributed by atoms with Crippen molar-refractivity contribution in [3.05, 3.63) is 51.6 Å². The number of hydrogen-bond acceptors (Lipinski definition) is 8. The lowest BCUT2D eigenvalue weighted by Gasteiger charge is -2.23. The molecule has 1 aliphatic heterocycles. The number of fused-ring (bicyclic) bond motifs is 1. The van der Waals surface area contributed by atoms with E-state index in [1.54, 1.807) is 17.5 Å². The Morgan fingerprint density at radius 2 is 2.03 bits per heavy atom. The second-order valence-corrected chi connectivity index (χ2v) is 13.9. The van der Waals surface area contributed by atoms with Crippen LogP contribution in [0.5, 0.6) is 5.75 Å². The number of nitrogens with zero attached hydrogens (tertiary/aromatic N) is 3. The zero-order valence-electron chi connectivity index (χ0n) is 19.6. The van der Waals surface area contributed by atoms with Gasteiger partial charge in [-0.25, -0.2) is 8.89 Å². The van der Waals surface area contributed by atoms with Gasteiger partial charge in [-0.1, -0.05) is 6.07 Å². The smallest absolute Gasteiger partial charge is 0.396 e. The SMILES string of the molecule is C=S(C)(=O)Nc1ccc2c(c1)S(=O)(=O)N=C(c1c(O)c(-c3cccs3)nn(CC3(C(F)(F)F)CC3)c1=O)N2. The molecule has 0 radical (unpaired) electrons. The molecule has 2 aromatic heterocycles. The van der Waals surface area contributed by atoms with Crippen LogP contribution in [0.1, 0.15) is 18.4 Å². The minimum atomic E-state index is -4.58. The molecular weight excluding hydrogens is 567 g/mol. The van der Waals surface area contributed by atoms with Gasteiger partial charge in [0.25, 0.3) is 15.6 Å². The maximum atomic E-state index is 13.7. The van der Waals surface area contributed by atoms with Gasteiger partial charge in [-0.05, 0) is 48.4 Å². The van der Waals surface area contributed by atoms with E-state index < -0.39 is 60.6 Å². The number of benzene rings is 1. The van der Waals surface area contributed by atoms with Crippen LogP contribution in [0.4, 0.5) is 24.5 Å². The van der Waals surface area contributed by atoms with Crippen molar-refractivity contribution in [1.82, 2.24) is 9.78 Å². The number of nitrogens with one attached hydrogen (secondary N) is 2. The Morgan fingerprint density at radius 1 is 1.32 bits per heavy atom. The van der Waals surface area contributed by atoms with E-state index in [0.29, 0.717) is 9.56 Å². The number of thiophene rings is 1. The molecule has 1 atom stereocenters. The van der Waals surface area contributed by atoms with Crippen molar-refractivity contribution in [2.45, 2.75) is 30.5 Å². The Balaban J connectivity index is 1.66. The van der Waals surface area contributed by atoms with Crippen molar-refractivity contribution in [2.24, 2.45) is 9.81 Å². The number of alkyl halides is 3. The number of anilines is 2. The molecule has 38 heavy (non-hydrogen) atoms. The molecule has 1 unspecified atom stereocenters. The Hall–Kier alpha value is -3.37. The maximum Gasteiger partial charge on any atom is 0.396 e. The molecule has 2 aliphatic rings. The van der Waals surface area contributed by atoms with Crippen LogP contribution in [-0.4, -0.2) is 51.7 Å². The molecule has 3 heterocycles. The fourth-order valence-electron chi connectivity index (χ4n) is 4.01. The lowest BCUT2D eigenvalue weighted by atomic mass is 10.1. The molecule has 3 aromatic rings. The van der Waals surface area contributed by atoms with Crippen LogP contribution in [-0.2, 0) is 26.3 Å². The van der Waals surface area contributed by atoms with Gasteiger partial charge in [-0.2, -0.15) is 26.7 Å². The third-order valence-electron chi connectivity index (χ3n) is 6.09. The fraction of sp³-hybridized carbons (Fsp3) is 0.273. The van der Waals surface area contributed by atoms with E-state index in [1.807, 2.05) is 0 Å². The van der Waals surface area contributed by atoms with Crippen molar-refractivity contribution in [1.29, 1.82) is 0 Å². The number of aromatic hydroxyl groups is 1. The molecule has 3 N–H and O–H groups in total. The van der Waals surface area contributed by atoms with Crippen LogP contribution in [0.3, 0.4) is 0 Å². The van der Waals surface area contributed by atoms with Crippen molar-refractivity contribution < 1.29 is 30.9 Å². The highest BCUT2D eigenvalue weighted by molar-refractivity contribution is 8.00. The van der Waals surface area contributed by atoms with Crippen molar-refractivity contribution in [3.8, 4) is 16.3 Å². The fourth-order valence-corrected chi connectivity index (χ4v) is 6.49. The van der Waals surface area contributed by atoms with Gasteiger partial charge in [0.1, 0.15) is 16.2 Å². The molecule has 5 rings (SSSR count). The Labute approximate surface area is 219 Å². The van der Waals surface area contributed by atoms with Gasteiger partial charge in [-0.3, -0.25) is 4.79 Å². The molecule has 0 bridgehead atoms. The summed E-state index contributed by atoms with van der Waals surface area (Å²) < 4.78 is 86.0. The molecule has 16 heteroatoms. The van der Waals surface area contributed by atoms with Crippen LogP contribution >= 0.6 is 11.3 Å². The molecule has 1 aliphatic carbocycles. The van der Waals surface area contributed by atoms with Gasteiger partial charge in [0, 0.05) is 21.7 Å². The molecule has 10 nitrogen and oxygen atoms in total. The summed E-state index contributed by atoms with van der Waals surface area (Å²) in [6.45, 7) is -0.798. The van der Waals surface area contributed by atoms with E-state index in [-0.39, 0.29) is 34.8 Å². The van der Waals surface area contributed by atoms with E-state index in [0.717, 1.165) is 11.3 Å². The van der Waals surface area contributed by atoms with Gasteiger partial charge >= 0.3 is 6.18 Å². The molecule has 202 valence electrons. The summed E-state index contributed by atoms with van der Waals surface area (Å²) in [5.41, 5.74) is -3.92. The van der Waals surface area contributed by atoms with Gasteiger partial charge in [0.05, 0.1) is 22.5 Å². The van der Waals surface area contributed by atoms with Gasteiger partial charge < -0.3 is 15.1 Å². The molecule has 1 saturated carbocycles. The first-order chi connectivity index (χ1) is 17.6. The Bertz CT molecular complexity index is 1760. The van der Waals surface area contributed by atoms with Crippen LogP contribution in [0, 0.1) is 5.41 Å². The monoisotopic (exact) mass is 587 g/mol. The van der Waals surface area contributed by atoms with E-state index in [9.17, 15) is 35.7 Å². The first-order valence-electron chi connectivity index (χ1n) is 10.9. The first-order valence-corrected chi connectivity index (χ1v) is 15.4. The third kappa shape index (κ3) is 4.67. The van der Waals surface area contributed by atoms with Crippen molar-refractivity contribution >= 4 is 54.1 Å². The zero-order chi connectivity index (χ0) is 27.7. The van der Waals surface area contributed by atoms with Crippen molar-refractivity contribution in [2.75, 3.05) is 16.3 Å². The number of rotatable bonds is 6. The van der Waals surface area contributed by atoms with E-state index >= 15 is 0 Å². The van der Waals surface area contributed by atoms with Crippen LogP contribution < -0.4 is 15.6 Å². The number of aromatic nitrogens is 2. The maximum absolute atomic E-state index is 13.7. The molecular formula is C22H20F3N5O5S3. The predicted molar refractivity (Wildman–Crippen MR) is 140 cm³/mol. The average molecular weight is 588 g/mol. The van der Waals surface area contributed by atoms with Crippen LogP contribution in [0.25, 0.3) is 10.6 Å². The quantitative estimate of drug-likeness (QED) is 0.376. The second kappa shape index (κ2) is 8.57. The summed E-state index contributed by atoms with van der Waals surface area (Å²) in [6, 6.07) is 7.09. The van der Waals surface area contributed by atoms with E-state index in [4.69, 9.17) is 0 Å². The highest BCUT2D eigenvalue weighted by atomic mass is 32.2. The highest BCUT2D eigenvalue weighted by Gasteiger charge is 2.63. The summed E-state index contributed by atoms with van der Waals surface area (Å²) >= 11 is 1.12. The van der Waals surface area contributed by atoms with Gasteiger partial charge in [0.2, 0.25) is 0 Å². The normalized spacial score (nSPS) is 19.0. The number of sulfonamides is 1. The van der Waals surface area contributed by atoms with Gasteiger partial charge in [-0.15, -0.1) is 15.7 Å². The highest BCUT2D eigenvalue weighted by Crippen LogP contribution is 2.58. The topological polar surface area (TPSA) is 143 Å². The number of amidine groups is 1. The van der Waals surface area contributed by atoms with E-state index in [2.05, 4.69) is 25.4 Å². The standard InChI is InChI=1S/C22H20F3N5O5S3/c1-37(2,33)28-12-5-6-13-15(10-12)38(34,35)29-19(26-13)16-18(31)17(14-4-3-9-36-14)27-30(20(16)32)11-21(7-8-21)22(23,24)25/h3-6,9-10,31H,1,7-8,11H2,2H3,(H,26,29)(H,28,33). The summed E-state index contributed by atoms with van der Waals surface area (Å²) in [7, 11) is -7.18. The second-order valence-electron chi connectivity index (χ2n) is 9.15. The summed E-state index contributed by atoms with van der Waals surface area (Å²) in [4.78, 5) is 13.4. The average Bonchev–Trinajstić information content (AvgIpc) is 3.39. The number of hydrogen-bond donors (Lipinski definition) is 3. The first kappa shape index (κ1) is 26.2. The Kier molecular flexibility index (Phi) is 5.92. The summed E-state index contributed by atoms with van der Waals surface area (Å²) in [5.74, 6) is 2.16. The molecule has 0 saturated heterocycles. The summed E-state index contributed by atoms with van der Waals surface area (Å²) in [6.07, 6.45) is -3.64. The zero-order valence-corrected chi connectivity index (χ0v) is 22.0. The lowest BCUT2D eigenvalue weighted by Crippen LogP contribution is -2.38. The molecule has 1 aromatic carbocycles. The molecule has 1 fully saturated rings. The Morgan fingerprint density at radius 3 is 2.61 bits per heavy atom. The third-order valence-corrected chi connectivity index (χ3v) is 8.95. The van der Waals surface area contributed by atoms with Crippen LogP contribution in [0.2, 0.25) is 0 Å². The minimum Gasteiger partial charge on any atom is -0.505 e. The molecule has 0 spiro atoms. The largest absolute Gasteiger partial charge is 0.505 e. The number of halogens is 3. The minimum absolute atomic E-state index is 0.0130. The molecule has 0 amide bonds. The van der Waals surface area contributed by atoms with Crippen molar-refractivity contribution in [3.63, 3.8) is 0 Å².